The molecule has 0 N–H and O–H groups in total. The van der Waals surface area contributed by atoms with E-state index in [-0.39, 0.29) is 5.75 Å². The molecule has 0 saturated carbocycles. The maximum absolute atomic E-state index is 10.9. The quantitative estimate of drug-likeness (QED) is 0.725. The zero-order valence-corrected chi connectivity index (χ0v) is 10.0. The average Bonchev–Trinajstić information content (AvgIpc) is 2.46. The molecule has 7 heteroatoms. The van der Waals surface area contributed by atoms with E-state index in [4.69, 9.17) is 0 Å². The number of nitrogens with zero attached hydrogens (tertiary/aromatic N) is 2. The Morgan fingerprint density at radius 3 is 2.64 bits per heavy atom. The van der Waals surface area contributed by atoms with Crippen LogP contribution >= 0.6 is 23.6 Å². The second-order valence-corrected chi connectivity index (χ2v) is 6.38. The highest BCUT2D eigenvalue weighted by Gasteiger charge is 2.09. The van der Waals surface area contributed by atoms with Crippen molar-refractivity contribution in [1.82, 2.24) is 10.2 Å². The fraction of sp³-hybridized carbons (Fsp3) is 0.571. The van der Waals surface area contributed by atoms with Crippen molar-refractivity contribution in [3.05, 3.63) is 10.0 Å². The van der Waals surface area contributed by atoms with Gasteiger partial charge in [-0.25, -0.2) is 8.42 Å². The van der Waals surface area contributed by atoms with Crippen LogP contribution in [0.5, 0.6) is 0 Å². The van der Waals surface area contributed by atoms with Gasteiger partial charge in [0, 0.05) is 18.0 Å². The smallest absolute Gasteiger partial charge is 0.154 e. The van der Waals surface area contributed by atoms with E-state index in [0.29, 0.717) is 17.8 Å². The van der Waals surface area contributed by atoms with Gasteiger partial charge in [0.25, 0.3) is 0 Å². The van der Waals surface area contributed by atoms with Crippen molar-refractivity contribution < 1.29 is 8.42 Å². The van der Waals surface area contributed by atoms with Gasteiger partial charge in [0.1, 0.15) is 15.8 Å². The van der Waals surface area contributed by atoms with Crippen LogP contribution in [0.1, 0.15) is 16.4 Å². The first-order valence-electron chi connectivity index (χ1n) is 3.85. The molecule has 0 aromatic carbocycles. The summed E-state index contributed by atoms with van der Waals surface area (Å²) in [5, 5.41) is 11.6. The van der Waals surface area contributed by atoms with Gasteiger partial charge in [-0.1, -0.05) is 12.2 Å². The molecule has 0 amide bonds. The van der Waals surface area contributed by atoms with E-state index in [0.717, 1.165) is 5.01 Å². The second-order valence-electron chi connectivity index (χ2n) is 2.80. The normalized spacial score (nSPS) is 11.5. The van der Waals surface area contributed by atoms with E-state index >= 15 is 0 Å². The Kier molecular flexibility index (Phi) is 4.09. The molecule has 0 atom stereocenters. The summed E-state index contributed by atoms with van der Waals surface area (Å²) in [5.41, 5.74) is 0. The second kappa shape index (κ2) is 4.90. The fourth-order valence-corrected chi connectivity index (χ4v) is 2.96. The summed E-state index contributed by atoms with van der Waals surface area (Å²) >= 11 is 5.87. The zero-order chi connectivity index (χ0) is 10.6. The van der Waals surface area contributed by atoms with E-state index < -0.39 is 9.84 Å². The Balaban J connectivity index is 2.64. The third kappa shape index (κ3) is 4.21. The summed E-state index contributed by atoms with van der Waals surface area (Å²) in [7, 11) is -3.01. The zero-order valence-electron chi connectivity index (χ0n) is 7.56. The van der Waals surface area contributed by atoms with Crippen LogP contribution in [0.15, 0.2) is 0 Å². The van der Waals surface area contributed by atoms with Crippen molar-refractivity contribution >= 4 is 38.8 Å². The SMILES string of the molecule is CS(=O)(=O)Cc1nnc(CC[C]=S)s1. The van der Waals surface area contributed by atoms with E-state index in [2.05, 4.69) is 27.8 Å². The van der Waals surface area contributed by atoms with Gasteiger partial charge >= 0.3 is 0 Å². The van der Waals surface area contributed by atoms with Crippen LogP contribution in [0.4, 0.5) is 0 Å². The lowest BCUT2D eigenvalue weighted by Gasteiger charge is -1.89. The highest BCUT2D eigenvalue weighted by atomic mass is 32.2. The van der Waals surface area contributed by atoms with Crippen molar-refractivity contribution in [3.8, 4) is 0 Å². The highest BCUT2D eigenvalue weighted by molar-refractivity contribution is 7.90. The van der Waals surface area contributed by atoms with Crippen molar-refractivity contribution in [2.24, 2.45) is 0 Å². The topological polar surface area (TPSA) is 59.9 Å². The predicted octanol–water partition coefficient (Wildman–Crippen LogP) is 0.892. The molecule has 1 heterocycles. The molecule has 0 fully saturated rings. The molecule has 77 valence electrons. The van der Waals surface area contributed by atoms with Gasteiger partial charge in [-0.3, -0.25) is 0 Å². The van der Waals surface area contributed by atoms with Crippen LogP contribution < -0.4 is 0 Å². The molecule has 1 rings (SSSR count). The average molecular weight is 249 g/mol. The van der Waals surface area contributed by atoms with Gasteiger partial charge in [-0.2, -0.15) is 0 Å². The number of sulfone groups is 1. The van der Waals surface area contributed by atoms with E-state index in [1.807, 2.05) is 0 Å². The van der Waals surface area contributed by atoms with Crippen LogP contribution in [-0.2, 0) is 22.0 Å². The molecule has 1 radical (unpaired) electrons. The Morgan fingerprint density at radius 2 is 2.07 bits per heavy atom. The lowest BCUT2D eigenvalue weighted by molar-refractivity contribution is 0.600. The Bertz CT molecular complexity index is 410. The van der Waals surface area contributed by atoms with Crippen molar-refractivity contribution in [2.45, 2.75) is 18.6 Å². The molecule has 14 heavy (non-hydrogen) atoms. The van der Waals surface area contributed by atoms with Crippen molar-refractivity contribution in [3.63, 3.8) is 0 Å². The molecule has 0 spiro atoms. The van der Waals surface area contributed by atoms with Crippen LogP contribution in [0, 0.1) is 0 Å². The van der Waals surface area contributed by atoms with Gasteiger partial charge in [-0.05, 0) is 6.42 Å². The monoisotopic (exact) mass is 249 g/mol. The highest BCUT2D eigenvalue weighted by Crippen LogP contribution is 2.13. The molecule has 0 aliphatic carbocycles. The maximum Gasteiger partial charge on any atom is 0.154 e. The third-order valence-corrected chi connectivity index (χ3v) is 3.50. The first-order valence-corrected chi connectivity index (χ1v) is 7.14. The summed E-state index contributed by atoms with van der Waals surface area (Å²) in [5.74, 6) is -0.0357. The van der Waals surface area contributed by atoms with Gasteiger partial charge in [0.15, 0.2) is 9.84 Å². The maximum atomic E-state index is 10.9. The molecule has 1 aromatic rings. The van der Waals surface area contributed by atoms with Crippen LogP contribution in [0.25, 0.3) is 0 Å². The number of aromatic nitrogens is 2. The third-order valence-electron chi connectivity index (χ3n) is 1.34. The van der Waals surface area contributed by atoms with Gasteiger partial charge in [0.2, 0.25) is 0 Å². The van der Waals surface area contributed by atoms with Crippen LogP contribution in [0.3, 0.4) is 0 Å². The molecule has 0 aliphatic rings. The summed E-state index contributed by atoms with van der Waals surface area (Å²) < 4.78 is 21.9. The van der Waals surface area contributed by atoms with E-state index in [1.54, 1.807) is 0 Å². The summed E-state index contributed by atoms with van der Waals surface area (Å²) in [6.07, 6.45) is 2.51. The Labute approximate surface area is 92.3 Å². The van der Waals surface area contributed by atoms with Crippen molar-refractivity contribution in [1.29, 1.82) is 0 Å². The van der Waals surface area contributed by atoms with Crippen LogP contribution in [0.2, 0.25) is 0 Å². The number of hydrogen-bond acceptors (Lipinski definition) is 6. The summed E-state index contributed by atoms with van der Waals surface area (Å²) in [4.78, 5) is 0. The molecular formula is C7H9N2O2S3. The largest absolute Gasteiger partial charge is 0.229 e. The number of thiocarbonyl (C=S) groups is 1. The molecule has 1 aromatic heterocycles. The first-order chi connectivity index (χ1) is 6.51. The fourth-order valence-electron chi connectivity index (χ4n) is 0.830. The van der Waals surface area contributed by atoms with Crippen LogP contribution in [-0.4, -0.2) is 30.2 Å². The lowest BCUT2D eigenvalue weighted by atomic mass is 10.4. The van der Waals surface area contributed by atoms with Gasteiger partial charge in [-0.15, -0.1) is 21.5 Å². The first kappa shape index (κ1) is 11.7. The molecule has 0 saturated heterocycles. The van der Waals surface area contributed by atoms with Gasteiger partial charge in [0.05, 0.1) is 0 Å². The minimum atomic E-state index is -3.01. The number of aryl methyl sites for hydroxylation is 1. The summed E-state index contributed by atoms with van der Waals surface area (Å²) in [6.45, 7) is 0. The Morgan fingerprint density at radius 1 is 1.43 bits per heavy atom. The number of hydrogen-bond donors (Lipinski definition) is 0. The molecule has 0 bridgehead atoms. The van der Waals surface area contributed by atoms with Crippen molar-refractivity contribution in [2.75, 3.05) is 6.26 Å². The Hall–Kier alpha value is -0.400. The molecular weight excluding hydrogens is 240 g/mol. The predicted molar refractivity (Wildman–Crippen MR) is 59.4 cm³/mol. The summed E-state index contributed by atoms with van der Waals surface area (Å²) in [6, 6.07) is 0. The minimum absolute atomic E-state index is 0.0357. The van der Waals surface area contributed by atoms with Gasteiger partial charge < -0.3 is 0 Å². The standard InChI is InChI=1S/C7H9N2O2S3/c1-14(10,11)5-7-9-8-6(13-7)3-2-4-12/h2-3,5H2,1H3. The van der Waals surface area contributed by atoms with E-state index in [9.17, 15) is 8.42 Å². The minimum Gasteiger partial charge on any atom is -0.229 e. The van der Waals surface area contributed by atoms with E-state index in [1.165, 1.54) is 17.6 Å². The molecule has 4 nitrogen and oxygen atoms in total. The molecule has 0 unspecified atom stereocenters. The lowest BCUT2D eigenvalue weighted by Crippen LogP contribution is -1.99. The molecule has 0 aliphatic heterocycles. The number of rotatable bonds is 5.